The minimum absolute atomic E-state index is 0.496. The lowest BCUT2D eigenvalue weighted by Gasteiger charge is -2.25. The molecule has 1 aliphatic carbocycles. The third-order valence-electron chi connectivity index (χ3n) is 4.69. The topological polar surface area (TPSA) is 49.3 Å². The summed E-state index contributed by atoms with van der Waals surface area (Å²) in [5.74, 6) is -0.0678. The maximum atomic E-state index is 11.5. The Morgan fingerprint density at radius 1 is 1.04 bits per heavy atom. The summed E-state index contributed by atoms with van der Waals surface area (Å²) in [6.07, 6.45) is 4.44. The Balaban J connectivity index is 1.56. The Labute approximate surface area is 137 Å². The molecule has 2 aromatic rings. The van der Waals surface area contributed by atoms with Crippen molar-refractivity contribution in [1.29, 1.82) is 0 Å². The molecule has 0 bridgehead atoms. The largest absolute Gasteiger partial charge is 0.480 e. The van der Waals surface area contributed by atoms with E-state index in [4.69, 9.17) is 0 Å². The van der Waals surface area contributed by atoms with Crippen molar-refractivity contribution >= 4 is 5.97 Å². The summed E-state index contributed by atoms with van der Waals surface area (Å²) in [6, 6.07) is 17.8. The van der Waals surface area contributed by atoms with Crippen molar-refractivity contribution in [3.05, 3.63) is 71.3 Å². The molecule has 1 saturated carbocycles. The van der Waals surface area contributed by atoms with Gasteiger partial charge in [-0.2, -0.15) is 0 Å². The number of rotatable bonds is 7. The number of hydrogen-bond donors (Lipinski definition) is 2. The lowest BCUT2D eigenvalue weighted by atomic mass is 9.80. The maximum absolute atomic E-state index is 11.5. The molecule has 23 heavy (non-hydrogen) atoms. The van der Waals surface area contributed by atoms with Crippen LogP contribution in [0, 0.1) is 0 Å². The van der Waals surface area contributed by atoms with Crippen LogP contribution in [-0.2, 0) is 17.8 Å². The third-order valence-corrected chi connectivity index (χ3v) is 4.69. The Morgan fingerprint density at radius 2 is 1.74 bits per heavy atom. The highest BCUT2D eigenvalue weighted by Crippen LogP contribution is 2.36. The summed E-state index contributed by atoms with van der Waals surface area (Å²) in [6.45, 7) is 0.578. The highest BCUT2D eigenvalue weighted by atomic mass is 16.4. The van der Waals surface area contributed by atoms with Crippen LogP contribution in [0.5, 0.6) is 0 Å². The van der Waals surface area contributed by atoms with Gasteiger partial charge in [0, 0.05) is 6.54 Å². The van der Waals surface area contributed by atoms with Crippen LogP contribution in [0.3, 0.4) is 0 Å². The standard InChI is InChI=1S/C20H23NO2/c22-20(23)19(13-15-5-2-1-3-6-15)21-14-16-9-11-18(12-10-16)17-7-4-8-17/h1-3,5-6,9-12,17,19,21H,4,7-8,13-14H2,(H,22,23)/t19-/m1/s1. The van der Waals surface area contributed by atoms with E-state index in [1.165, 1.54) is 24.8 Å². The summed E-state index contributed by atoms with van der Waals surface area (Å²) < 4.78 is 0. The second-order valence-corrected chi connectivity index (χ2v) is 6.33. The molecule has 1 aliphatic rings. The molecule has 0 saturated heterocycles. The molecule has 3 rings (SSSR count). The first-order valence-electron chi connectivity index (χ1n) is 8.31. The summed E-state index contributed by atoms with van der Waals surface area (Å²) in [5.41, 5.74) is 3.58. The molecule has 0 unspecified atom stereocenters. The molecular formula is C20H23NO2. The number of aliphatic carboxylic acids is 1. The van der Waals surface area contributed by atoms with Gasteiger partial charge in [0.2, 0.25) is 0 Å². The lowest BCUT2D eigenvalue weighted by molar-refractivity contribution is -0.139. The molecule has 2 aromatic carbocycles. The number of hydrogen-bond acceptors (Lipinski definition) is 2. The van der Waals surface area contributed by atoms with Gasteiger partial charge in [0.05, 0.1) is 0 Å². The molecule has 1 fully saturated rings. The number of carbonyl (C=O) groups is 1. The Morgan fingerprint density at radius 3 is 2.30 bits per heavy atom. The maximum Gasteiger partial charge on any atom is 0.321 e. The predicted octanol–water partition coefficient (Wildman–Crippen LogP) is 3.74. The summed E-state index contributed by atoms with van der Waals surface area (Å²) in [4.78, 5) is 11.5. The summed E-state index contributed by atoms with van der Waals surface area (Å²) in [5, 5.41) is 12.6. The molecule has 2 N–H and O–H groups in total. The van der Waals surface area contributed by atoms with Gasteiger partial charge in [-0.05, 0) is 41.9 Å². The lowest BCUT2D eigenvalue weighted by Crippen LogP contribution is -2.38. The number of nitrogens with one attached hydrogen (secondary N) is 1. The van der Waals surface area contributed by atoms with Crippen LogP contribution in [0.2, 0.25) is 0 Å². The zero-order valence-electron chi connectivity index (χ0n) is 13.2. The Kier molecular flexibility index (Phi) is 5.09. The van der Waals surface area contributed by atoms with Gasteiger partial charge in [0.25, 0.3) is 0 Å². The quantitative estimate of drug-likeness (QED) is 0.819. The van der Waals surface area contributed by atoms with Crippen LogP contribution in [0.4, 0.5) is 0 Å². The molecule has 0 aliphatic heterocycles. The molecule has 120 valence electrons. The average molecular weight is 309 g/mol. The highest BCUT2D eigenvalue weighted by molar-refractivity contribution is 5.73. The number of carboxylic acids is 1. The second kappa shape index (κ2) is 7.42. The van der Waals surface area contributed by atoms with Crippen LogP contribution < -0.4 is 5.32 Å². The van der Waals surface area contributed by atoms with E-state index in [9.17, 15) is 9.90 Å². The monoisotopic (exact) mass is 309 g/mol. The zero-order chi connectivity index (χ0) is 16.1. The van der Waals surface area contributed by atoms with Gasteiger partial charge >= 0.3 is 5.97 Å². The van der Waals surface area contributed by atoms with Crippen molar-refractivity contribution in [3.63, 3.8) is 0 Å². The fraction of sp³-hybridized carbons (Fsp3) is 0.350. The van der Waals surface area contributed by atoms with E-state index in [1.54, 1.807) is 0 Å². The molecule has 1 atom stereocenters. The zero-order valence-corrected chi connectivity index (χ0v) is 13.2. The summed E-state index contributed by atoms with van der Waals surface area (Å²) >= 11 is 0. The third kappa shape index (κ3) is 4.20. The van der Waals surface area contributed by atoms with E-state index in [0.717, 1.165) is 17.0 Å². The van der Waals surface area contributed by atoms with E-state index in [-0.39, 0.29) is 0 Å². The predicted molar refractivity (Wildman–Crippen MR) is 91.4 cm³/mol. The van der Waals surface area contributed by atoms with Crippen molar-refractivity contribution < 1.29 is 9.90 Å². The number of carboxylic acid groups (broad SMARTS) is 1. The van der Waals surface area contributed by atoms with Crippen LogP contribution >= 0.6 is 0 Å². The van der Waals surface area contributed by atoms with Crippen molar-refractivity contribution in [2.24, 2.45) is 0 Å². The van der Waals surface area contributed by atoms with Gasteiger partial charge in [-0.25, -0.2) is 0 Å². The minimum Gasteiger partial charge on any atom is -0.480 e. The van der Waals surface area contributed by atoms with E-state index in [1.807, 2.05) is 30.3 Å². The molecular weight excluding hydrogens is 286 g/mol. The van der Waals surface area contributed by atoms with Crippen LogP contribution in [-0.4, -0.2) is 17.1 Å². The van der Waals surface area contributed by atoms with E-state index in [2.05, 4.69) is 29.6 Å². The second-order valence-electron chi connectivity index (χ2n) is 6.33. The smallest absolute Gasteiger partial charge is 0.321 e. The van der Waals surface area contributed by atoms with E-state index in [0.29, 0.717) is 13.0 Å². The van der Waals surface area contributed by atoms with Crippen molar-refractivity contribution in [2.45, 2.75) is 44.2 Å². The average Bonchev–Trinajstić information content (AvgIpc) is 2.52. The molecule has 0 aromatic heterocycles. The van der Waals surface area contributed by atoms with Gasteiger partial charge < -0.3 is 10.4 Å². The van der Waals surface area contributed by atoms with E-state index < -0.39 is 12.0 Å². The first-order chi connectivity index (χ1) is 11.2. The van der Waals surface area contributed by atoms with Gasteiger partial charge in [-0.15, -0.1) is 0 Å². The fourth-order valence-corrected chi connectivity index (χ4v) is 2.99. The van der Waals surface area contributed by atoms with Crippen molar-refractivity contribution in [2.75, 3.05) is 0 Å². The van der Waals surface area contributed by atoms with Gasteiger partial charge in [-0.3, -0.25) is 4.79 Å². The fourth-order valence-electron chi connectivity index (χ4n) is 2.99. The summed E-state index contributed by atoms with van der Waals surface area (Å²) in [7, 11) is 0. The van der Waals surface area contributed by atoms with Crippen molar-refractivity contribution in [1.82, 2.24) is 5.32 Å². The first kappa shape index (κ1) is 15.8. The normalized spacial score (nSPS) is 15.8. The van der Waals surface area contributed by atoms with Gasteiger partial charge in [0.1, 0.15) is 6.04 Å². The van der Waals surface area contributed by atoms with E-state index >= 15 is 0 Å². The molecule has 0 spiro atoms. The van der Waals surface area contributed by atoms with Gasteiger partial charge in [-0.1, -0.05) is 61.0 Å². The Bertz CT molecular complexity index is 632. The van der Waals surface area contributed by atoms with Crippen LogP contribution in [0.15, 0.2) is 54.6 Å². The molecule has 0 heterocycles. The molecule has 3 nitrogen and oxygen atoms in total. The highest BCUT2D eigenvalue weighted by Gasteiger charge is 2.19. The molecule has 0 radical (unpaired) electrons. The minimum atomic E-state index is -0.806. The Hall–Kier alpha value is -2.13. The SMILES string of the molecule is O=C(O)[C@@H](Cc1ccccc1)NCc1ccc(C2CCC2)cc1. The molecule has 0 amide bonds. The van der Waals surface area contributed by atoms with Crippen molar-refractivity contribution in [3.8, 4) is 0 Å². The number of benzene rings is 2. The first-order valence-corrected chi connectivity index (χ1v) is 8.31. The van der Waals surface area contributed by atoms with Crippen LogP contribution in [0.1, 0.15) is 41.9 Å². The van der Waals surface area contributed by atoms with Crippen LogP contribution in [0.25, 0.3) is 0 Å². The van der Waals surface area contributed by atoms with Gasteiger partial charge in [0.15, 0.2) is 0 Å². The molecule has 3 heteroatoms.